The number of thioether (sulfide) groups is 2. The van der Waals surface area contributed by atoms with Crippen molar-refractivity contribution in [3.8, 4) is 0 Å². The van der Waals surface area contributed by atoms with Crippen LogP contribution in [-0.2, 0) is 20.9 Å². The summed E-state index contributed by atoms with van der Waals surface area (Å²) in [4.78, 5) is 37.7. The van der Waals surface area contributed by atoms with Gasteiger partial charge in [-0.15, -0.1) is 27.1 Å². The summed E-state index contributed by atoms with van der Waals surface area (Å²) in [5.41, 5.74) is 2.22. The molecular weight excluding hydrogens is 451 g/mol. The fourth-order valence-corrected chi connectivity index (χ4v) is 5.76. The number of nitrogens with zero attached hydrogens (tertiary/aromatic N) is 7. The minimum Gasteiger partial charge on any atom is -0.477 e. The molecule has 4 rings (SSSR count). The van der Waals surface area contributed by atoms with Gasteiger partial charge in [0, 0.05) is 11.5 Å². The normalized spacial score (nSPS) is 20.6. The summed E-state index contributed by atoms with van der Waals surface area (Å²) in [5.74, 6) is -1.19. The molecule has 1 fully saturated rings. The maximum atomic E-state index is 12.6. The van der Waals surface area contributed by atoms with E-state index in [1.165, 1.54) is 50.8 Å². The van der Waals surface area contributed by atoms with Crippen molar-refractivity contribution in [1.82, 2.24) is 40.6 Å². The van der Waals surface area contributed by atoms with E-state index < -0.39 is 29.2 Å². The second-order valence-electron chi connectivity index (χ2n) is 5.71. The van der Waals surface area contributed by atoms with Crippen molar-refractivity contribution in [3.05, 3.63) is 23.1 Å². The average Bonchev–Trinajstić information content (AvgIpc) is 3.37. The van der Waals surface area contributed by atoms with Gasteiger partial charge in [0.15, 0.2) is 4.34 Å². The monoisotopic (exact) mass is 463 g/mol. The maximum Gasteiger partial charge on any atom is 1.00 e. The van der Waals surface area contributed by atoms with Gasteiger partial charge in [-0.05, 0) is 16.0 Å². The molecule has 2 atom stereocenters. The van der Waals surface area contributed by atoms with Crippen LogP contribution in [-0.4, -0.2) is 81.1 Å². The Morgan fingerprint density at radius 2 is 2.21 bits per heavy atom. The Labute approximate surface area is 198 Å². The first-order chi connectivity index (χ1) is 13.5. The fraction of sp³-hybridized carbons (Fsp3) is 0.385. The molecule has 1 saturated heterocycles. The largest absolute Gasteiger partial charge is 1.00 e. The van der Waals surface area contributed by atoms with Crippen LogP contribution in [0.1, 0.15) is 0 Å². The Balaban J connectivity index is 0.00000240. The standard InChI is InChI=1S/C13H12N8O4S3.Na/c22-7(1-20-4-14-18-19-20)16-8-10(23)21-9(12(24)25)6(2-26-11(8)21)3-27-13-17-15-5-28-13;/h4-5,8,11H,1-3H2,(H,16,22)(H,24,25);/q;+1/t8-,11-;/m1./s1. The number of amides is 2. The van der Waals surface area contributed by atoms with E-state index in [-0.39, 0.29) is 41.8 Å². The van der Waals surface area contributed by atoms with Crippen molar-refractivity contribution >= 4 is 52.6 Å². The predicted molar refractivity (Wildman–Crippen MR) is 98.1 cm³/mol. The molecule has 16 heteroatoms. The number of tetrazole rings is 1. The minimum atomic E-state index is -1.16. The van der Waals surface area contributed by atoms with Crippen LogP contribution in [0.5, 0.6) is 0 Å². The number of carboxylic acids is 1. The molecule has 0 saturated carbocycles. The topological polar surface area (TPSA) is 156 Å². The molecule has 0 radical (unpaired) electrons. The van der Waals surface area contributed by atoms with Gasteiger partial charge >= 0.3 is 35.5 Å². The number of fused-ring (bicyclic) bond motifs is 1. The van der Waals surface area contributed by atoms with Crippen LogP contribution >= 0.6 is 34.9 Å². The van der Waals surface area contributed by atoms with Gasteiger partial charge in [0.1, 0.15) is 35.5 Å². The van der Waals surface area contributed by atoms with Crippen molar-refractivity contribution in [2.45, 2.75) is 22.3 Å². The minimum absolute atomic E-state index is 0. The van der Waals surface area contributed by atoms with Crippen LogP contribution in [0.2, 0.25) is 0 Å². The molecule has 2 amide bonds. The third-order valence-corrected chi connectivity index (χ3v) is 7.26. The smallest absolute Gasteiger partial charge is 0.477 e. The van der Waals surface area contributed by atoms with Crippen molar-refractivity contribution < 1.29 is 49.0 Å². The number of hydrogen-bond donors (Lipinski definition) is 2. The summed E-state index contributed by atoms with van der Waals surface area (Å²) in [6, 6.07) is -0.777. The summed E-state index contributed by atoms with van der Waals surface area (Å²) in [5, 5.41) is 29.9. The van der Waals surface area contributed by atoms with Gasteiger partial charge in [0.05, 0.1) is 0 Å². The Bertz CT molecular complexity index is 938. The van der Waals surface area contributed by atoms with Gasteiger partial charge in [-0.1, -0.05) is 23.1 Å². The molecule has 4 heterocycles. The zero-order chi connectivity index (χ0) is 19.7. The summed E-state index contributed by atoms with van der Waals surface area (Å²) >= 11 is 4.16. The van der Waals surface area contributed by atoms with Gasteiger partial charge in [0.2, 0.25) is 5.91 Å². The second-order valence-corrected chi connectivity index (χ2v) is 8.87. The Hall–Kier alpha value is -1.52. The third kappa shape index (κ3) is 4.64. The van der Waals surface area contributed by atoms with Crippen LogP contribution in [0, 0.1) is 0 Å². The zero-order valence-electron chi connectivity index (χ0n) is 15.0. The van der Waals surface area contributed by atoms with Crippen molar-refractivity contribution in [2.75, 3.05) is 11.5 Å². The molecule has 2 aromatic heterocycles. The quantitative estimate of drug-likeness (QED) is 0.235. The number of carbonyl (C=O) groups excluding carboxylic acids is 2. The Morgan fingerprint density at radius 1 is 1.38 bits per heavy atom. The van der Waals surface area contributed by atoms with E-state index in [1.807, 2.05) is 0 Å². The van der Waals surface area contributed by atoms with Crippen LogP contribution in [0.25, 0.3) is 0 Å². The van der Waals surface area contributed by atoms with Gasteiger partial charge in [-0.3, -0.25) is 14.5 Å². The summed E-state index contributed by atoms with van der Waals surface area (Å²) in [6.07, 6.45) is 1.29. The number of aromatic nitrogens is 6. The van der Waals surface area contributed by atoms with E-state index in [4.69, 9.17) is 0 Å². The molecule has 12 nitrogen and oxygen atoms in total. The molecule has 0 unspecified atom stereocenters. The van der Waals surface area contributed by atoms with Crippen LogP contribution in [0.4, 0.5) is 0 Å². The van der Waals surface area contributed by atoms with Crippen LogP contribution in [0.3, 0.4) is 0 Å². The van der Waals surface area contributed by atoms with Crippen molar-refractivity contribution in [3.63, 3.8) is 0 Å². The molecule has 29 heavy (non-hydrogen) atoms. The SMILES string of the molecule is O=C(Cn1cnnn1)N[C@@H]1C(=O)N2C(C(=O)O)=C(CSc3nncs3)CS[C@H]12.[Na+]. The van der Waals surface area contributed by atoms with Gasteiger partial charge in [-0.25, -0.2) is 9.48 Å². The molecule has 146 valence electrons. The summed E-state index contributed by atoms with van der Waals surface area (Å²) in [7, 11) is 0. The third-order valence-electron chi connectivity index (χ3n) is 3.97. The molecule has 2 N–H and O–H groups in total. The van der Waals surface area contributed by atoms with Crippen LogP contribution < -0.4 is 34.9 Å². The number of hydrogen-bond acceptors (Lipinski definition) is 11. The summed E-state index contributed by atoms with van der Waals surface area (Å²) < 4.78 is 1.96. The number of aliphatic carboxylic acids is 1. The van der Waals surface area contributed by atoms with E-state index >= 15 is 0 Å². The number of nitrogens with one attached hydrogen (secondary N) is 1. The molecule has 0 aromatic carbocycles. The second kappa shape index (κ2) is 9.53. The van der Waals surface area contributed by atoms with Gasteiger partial charge < -0.3 is 10.4 Å². The maximum absolute atomic E-state index is 12.6. The molecular formula is C13H12N8NaO4S3+. The molecule has 0 bridgehead atoms. The van der Waals surface area contributed by atoms with E-state index in [1.54, 1.807) is 5.51 Å². The van der Waals surface area contributed by atoms with Crippen LogP contribution in [0.15, 0.2) is 27.4 Å². The number of rotatable bonds is 7. The fourth-order valence-electron chi connectivity index (χ4n) is 2.79. The first kappa shape index (κ1) is 22.2. The predicted octanol–water partition coefficient (Wildman–Crippen LogP) is -3.94. The number of β-lactam (4-membered cyclic amide) rings is 1. The first-order valence-corrected chi connectivity index (χ1v) is 10.7. The Kier molecular flexibility index (Phi) is 7.28. The molecule has 0 aliphatic carbocycles. The van der Waals surface area contributed by atoms with Gasteiger partial charge in [-0.2, -0.15) is 0 Å². The average molecular weight is 463 g/mol. The molecule has 2 aliphatic heterocycles. The molecule has 2 aliphatic rings. The van der Waals surface area contributed by atoms with E-state index in [9.17, 15) is 19.5 Å². The van der Waals surface area contributed by atoms with Crippen molar-refractivity contribution in [2.24, 2.45) is 0 Å². The molecule has 0 spiro atoms. The summed E-state index contributed by atoms with van der Waals surface area (Å²) in [6.45, 7) is -0.125. The zero-order valence-corrected chi connectivity index (χ0v) is 19.4. The molecule has 2 aromatic rings. The number of carboxylic acid groups (broad SMARTS) is 1. The van der Waals surface area contributed by atoms with E-state index in [0.29, 0.717) is 17.1 Å². The Morgan fingerprint density at radius 3 is 2.86 bits per heavy atom. The van der Waals surface area contributed by atoms with Gasteiger partial charge in [0.25, 0.3) is 5.91 Å². The number of carbonyl (C=O) groups is 3. The van der Waals surface area contributed by atoms with Crippen molar-refractivity contribution in [1.29, 1.82) is 0 Å². The van der Waals surface area contributed by atoms with E-state index in [2.05, 4.69) is 31.0 Å². The first-order valence-electron chi connectivity index (χ1n) is 7.83. The van der Waals surface area contributed by atoms with E-state index in [0.717, 1.165) is 4.34 Å².